The van der Waals surface area contributed by atoms with Crippen molar-refractivity contribution in [1.82, 2.24) is 0 Å². The number of ketones is 1. The predicted octanol–water partition coefficient (Wildman–Crippen LogP) is 3.59. The molecule has 0 unspecified atom stereocenters. The van der Waals surface area contributed by atoms with Crippen molar-refractivity contribution in [3.8, 4) is 0 Å². The molecule has 0 bridgehead atoms. The first kappa shape index (κ1) is 12.4. The van der Waals surface area contributed by atoms with Gasteiger partial charge in [-0.3, -0.25) is 4.79 Å². The van der Waals surface area contributed by atoms with E-state index in [1.807, 2.05) is 20.8 Å². The molecule has 0 heterocycles. The van der Waals surface area contributed by atoms with Crippen LogP contribution >= 0.6 is 0 Å². The topological polar surface area (TPSA) is 17.1 Å². The molecule has 0 N–H and O–H groups in total. The summed E-state index contributed by atoms with van der Waals surface area (Å²) in [6, 6.07) is 0. The third-order valence-corrected chi connectivity index (χ3v) is 2.19. The number of hydrogen-bond acceptors (Lipinski definition) is 1. The van der Waals surface area contributed by atoms with E-state index < -0.39 is 0 Å². The lowest BCUT2D eigenvalue weighted by Gasteiger charge is -2.20. The third-order valence-electron chi connectivity index (χ3n) is 2.19. The summed E-state index contributed by atoms with van der Waals surface area (Å²) in [6.45, 7) is 14.2. The van der Waals surface area contributed by atoms with Crippen molar-refractivity contribution in [2.45, 2.75) is 47.5 Å². The van der Waals surface area contributed by atoms with Crippen LogP contribution < -0.4 is 0 Å². The first-order valence-corrected chi connectivity index (χ1v) is 4.97. The molecule has 1 heteroatoms. The molecule has 0 aromatic rings. The molecule has 0 aromatic carbocycles. The van der Waals surface area contributed by atoms with Gasteiger partial charge in [-0.05, 0) is 23.3 Å². The molecule has 13 heavy (non-hydrogen) atoms. The van der Waals surface area contributed by atoms with Gasteiger partial charge in [-0.1, -0.05) is 41.2 Å². The minimum atomic E-state index is -0.0753. The van der Waals surface area contributed by atoms with Gasteiger partial charge >= 0.3 is 0 Å². The van der Waals surface area contributed by atoms with Gasteiger partial charge in [0, 0.05) is 6.42 Å². The van der Waals surface area contributed by atoms with E-state index in [2.05, 4.69) is 20.4 Å². The van der Waals surface area contributed by atoms with E-state index in [1.54, 1.807) is 0 Å². The maximum absolute atomic E-state index is 11.6. The Morgan fingerprint density at radius 1 is 1.31 bits per heavy atom. The SMILES string of the molecule is C=C(C(=O)CCC(C)C)C(C)(C)C. The van der Waals surface area contributed by atoms with Gasteiger partial charge in [0.05, 0.1) is 0 Å². The monoisotopic (exact) mass is 182 g/mol. The Morgan fingerprint density at radius 2 is 1.77 bits per heavy atom. The highest BCUT2D eigenvalue weighted by molar-refractivity contribution is 5.95. The predicted molar refractivity (Wildman–Crippen MR) is 57.7 cm³/mol. The smallest absolute Gasteiger partial charge is 0.158 e. The van der Waals surface area contributed by atoms with Gasteiger partial charge in [0.2, 0.25) is 0 Å². The van der Waals surface area contributed by atoms with Crippen LogP contribution in [0.3, 0.4) is 0 Å². The van der Waals surface area contributed by atoms with Crippen LogP contribution in [0.15, 0.2) is 12.2 Å². The number of carbonyl (C=O) groups is 1. The molecule has 0 saturated carbocycles. The minimum Gasteiger partial charge on any atom is -0.295 e. The van der Waals surface area contributed by atoms with Gasteiger partial charge < -0.3 is 0 Å². The first-order valence-electron chi connectivity index (χ1n) is 4.97. The normalized spacial score (nSPS) is 11.8. The summed E-state index contributed by atoms with van der Waals surface area (Å²) >= 11 is 0. The molecule has 0 aliphatic rings. The lowest BCUT2D eigenvalue weighted by atomic mass is 9.83. The van der Waals surface area contributed by atoms with E-state index in [1.165, 1.54) is 0 Å². The maximum Gasteiger partial charge on any atom is 0.158 e. The van der Waals surface area contributed by atoms with Crippen LogP contribution in [-0.2, 0) is 4.79 Å². The largest absolute Gasteiger partial charge is 0.295 e. The second kappa shape index (κ2) is 4.59. The standard InChI is InChI=1S/C12H22O/c1-9(2)7-8-11(13)10(3)12(4,5)6/h9H,3,7-8H2,1-2,4-6H3. The lowest BCUT2D eigenvalue weighted by molar-refractivity contribution is -0.116. The van der Waals surface area contributed by atoms with Crippen molar-refractivity contribution in [2.75, 3.05) is 0 Å². The molecule has 76 valence electrons. The fourth-order valence-electron chi connectivity index (χ4n) is 0.989. The quantitative estimate of drug-likeness (QED) is 0.607. The highest BCUT2D eigenvalue weighted by atomic mass is 16.1. The summed E-state index contributed by atoms with van der Waals surface area (Å²) in [4.78, 5) is 11.6. The molecular formula is C12H22O. The van der Waals surface area contributed by atoms with Crippen LogP contribution in [0.25, 0.3) is 0 Å². The number of carbonyl (C=O) groups excluding carboxylic acids is 1. The zero-order chi connectivity index (χ0) is 10.6. The van der Waals surface area contributed by atoms with Crippen LogP contribution in [-0.4, -0.2) is 5.78 Å². The van der Waals surface area contributed by atoms with Gasteiger partial charge in [0.25, 0.3) is 0 Å². The van der Waals surface area contributed by atoms with Crippen molar-refractivity contribution in [1.29, 1.82) is 0 Å². The van der Waals surface area contributed by atoms with Gasteiger partial charge in [-0.2, -0.15) is 0 Å². The fraction of sp³-hybridized carbons (Fsp3) is 0.750. The molecule has 0 aromatic heterocycles. The maximum atomic E-state index is 11.6. The summed E-state index contributed by atoms with van der Waals surface area (Å²) in [5.41, 5.74) is 0.682. The van der Waals surface area contributed by atoms with Crippen molar-refractivity contribution < 1.29 is 4.79 Å². The van der Waals surface area contributed by atoms with Crippen LogP contribution in [0.4, 0.5) is 0 Å². The van der Waals surface area contributed by atoms with Gasteiger partial charge in [-0.15, -0.1) is 0 Å². The van der Waals surface area contributed by atoms with E-state index in [-0.39, 0.29) is 11.2 Å². The summed E-state index contributed by atoms with van der Waals surface area (Å²) in [6.07, 6.45) is 1.61. The molecule has 0 fully saturated rings. The first-order chi connectivity index (χ1) is 5.75. The zero-order valence-corrected chi connectivity index (χ0v) is 9.61. The van der Waals surface area contributed by atoms with Crippen LogP contribution in [0.5, 0.6) is 0 Å². The molecule has 0 rings (SSSR count). The number of allylic oxidation sites excluding steroid dienone is 1. The molecule has 0 spiro atoms. The average molecular weight is 182 g/mol. The van der Waals surface area contributed by atoms with Crippen LogP contribution in [0.1, 0.15) is 47.5 Å². The van der Waals surface area contributed by atoms with E-state index >= 15 is 0 Å². The highest BCUT2D eigenvalue weighted by Crippen LogP contribution is 2.25. The van der Waals surface area contributed by atoms with E-state index in [9.17, 15) is 4.79 Å². The summed E-state index contributed by atoms with van der Waals surface area (Å²) in [5.74, 6) is 0.818. The number of hydrogen-bond donors (Lipinski definition) is 0. The fourth-order valence-corrected chi connectivity index (χ4v) is 0.989. The Morgan fingerprint density at radius 3 is 2.08 bits per heavy atom. The van der Waals surface area contributed by atoms with Gasteiger partial charge in [-0.25, -0.2) is 0 Å². The van der Waals surface area contributed by atoms with Gasteiger partial charge in [0.1, 0.15) is 0 Å². The lowest BCUT2D eigenvalue weighted by Crippen LogP contribution is -2.17. The zero-order valence-electron chi connectivity index (χ0n) is 9.61. The van der Waals surface area contributed by atoms with E-state index in [4.69, 9.17) is 0 Å². The highest BCUT2D eigenvalue weighted by Gasteiger charge is 2.20. The number of rotatable bonds is 4. The Hall–Kier alpha value is -0.590. The molecule has 1 nitrogen and oxygen atoms in total. The van der Waals surface area contributed by atoms with Crippen LogP contribution in [0.2, 0.25) is 0 Å². The second-order valence-electron chi connectivity index (χ2n) is 5.08. The Labute approximate surface area is 82.2 Å². The Balaban J connectivity index is 4.06. The molecule has 0 aliphatic heterocycles. The molecule has 0 radical (unpaired) electrons. The molecular weight excluding hydrogens is 160 g/mol. The summed E-state index contributed by atoms with van der Waals surface area (Å²) < 4.78 is 0. The van der Waals surface area contributed by atoms with Crippen molar-refractivity contribution in [3.05, 3.63) is 12.2 Å². The number of Topliss-reactive ketones (excluding diaryl/α,β-unsaturated/α-hetero) is 1. The van der Waals surface area contributed by atoms with Crippen molar-refractivity contribution >= 4 is 5.78 Å². The van der Waals surface area contributed by atoms with E-state index in [0.717, 1.165) is 12.0 Å². The van der Waals surface area contributed by atoms with Crippen molar-refractivity contribution in [2.24, 2.45) is 11.3 Å². The summed E-state index contributed by atoms with van der Waals surface area (Å²) in [5, 5.41) is 0. The molecule has 0 atom stereocenters. The minimum absolute atomic E-state index is 0.0753. The average Bonchev–Trinajstić information content (AvgIpc) is 1.96. The summed E-state index contributed by atoms with van der Waals surface area (Å²) in [7, 11) is 0. The van der Waals surface area contributed by atoms with Gasteiger partial charge in [0.15, 0.2) is 5.78 Å². The van der Waals surface area contributed by atoms with Crippen LogP contribution in [0, 0.1) is 11.3 Å². The Bertz CT molecular complexity index is 194. The van der Waals surface area contributed by atoms with Crippen molar-refractivity contribution in [3.63, 3.8) is 0 Å². The molecule has 0 amide bonds. The van der Waals surface area contributed by atoms with E-state index in [0.29, 0.717) is 12.3 Å². The Kier molecular flexibility index (Phi) is 4.38. The third kappa shape index (κ3) is 4.87. The molecule has 0 saturated heterocycles. The molecule has 0 aliphatic carbocycles. The second-order valence-corrected chi connectivity index (χ2v) is 5.08.